The van der Waals surface area contributed by atoms with Gasteiger partial charge < -0.3 is 19.2 Å². The molecular weight excluding hydrogens is 398 g/mol. The van der Waals surface area contributed by atoms with E-state index in [9.17, 15) is 14.4 Å². The highest BCUT2D eigenvalue weighted by Crippen LogP contribution is 2.26. The molecule has 0 saturated carbocycles. The lowest BCUT2D eigenvalue weighted by Crippen LogP contribution is -2.27. The molecule has 8 heteroatoms. The number of fused-ring (bicyclic) bond motifs is 1. The summed E-state index contributed by atoms with van der Waals surface area (Å²) in [6.07, 6.45) is -0.677. The van der Waals surface area contributed by atoms with Gasteiger partial charge in [-0.15, -0.1) is 0 Å². The van der Waals surface area contributed by atoms with Gasteiger partial charge in [-0.05, 0) is 30.2 Å². The second kappa shape index (κ2) is 9.25. The lowest BCUT2D eigenvalue weighted by molar-refractivity contribution is -0.134. The molecule has 29 heavy (non-hydrogen) atoms. The Labute approximate surface area is 171 Å². The van der Waals surface area contributed by atoms with E-state index in [1.54, 1.807) is 19.1 Å². The minimum Gasteiger partial charge on any atom is -0.445 e. The van der Waals surface area contributed by atoms with E-state index < -0.39 is 17.7 Å². The van der Waals surface area contributed by atoms with Crippen LogP contribution in [0.1, 0.15) is 17.5 Å². The number of carbonyl (C=O) groups is 2. The van der Waals surface area contributed by atoms with Gasteiger partial charge in [-0.3, -0.25) is 4.79 Å². The minimum atomic E-state index is -0.654. The maximum atomic E-state index is 12.0. The van der Waals surface area contributed by atoms with Crippen molar-refractivity contribution in [3.63, 3.8) is 0 Å². The minimum absolute atomic E-state index is 0.0208. The van der Waals surface area contributed by atoms with E-state index in [1.165, 1.54) is 6.07 Å². The van der Waals surface area contributed by atoms with Crippen LogP contribution in [0.15, 0.2) is 57.7 Å². The smallest absolute Gasteiger partial charge is 0.407 e. The topological polar surface area (TPSA) is 94.8 Å². The number of alkyl carbamates (subject to hydrolysis) is 1. The normalized spacial score (nSPS) is 10.6. The van der Waals surface area contributed by atoms with Crippen molar-refractivity contribution >= 4 is 34.6 Å². The molecule has 1 heterocycles. The SMILES string of the molecule is Cc1c(Cl)c(=O)oc2cc(OC(=O)CCNC(=O)OCc3ccccc3)ccc12. The number of amides is 1. The first-order chi connectivity index (χ1) is 13.9. The maximum Gasteiger partial charge on any atom is 0.407 e. The number of rotatable bonds is 6. The summed E-state index contributed by atoms with van der Waals surface area (Å²) >= 11 is 5.88. The molecule has 0 unspecified atom stereocenters. The summed E-state index contributed by atoms with van der Waals surface area (Å²) in [4.78, 5) is 35.3. The van der Waals surface area contributed by atoms with Gasteiger partial charge in [0.05, 0.1) is 6.42 Å². The summed E-state index contributed by atoms with van der Waals surface area (Å²) in [5.41, 5.74) is 1.07. The maximum absolute atomic E-state index is 12.0. The van der Waals surface area contributed by atoms with Crippen LogP contribution in [0, 0.1) is 6.92 Å². The van der Waals surface area contributed by atoms with Crippen LogP contribution in [0.5, 0.6) is 5.75 Å². The predicted octanol–water partition coefficient (Wildman–Crippen LogP) is 3.98. The van der Waals surface area contributed by atoms with Gasteiger partial charge in [-0.1, -0.05) is 41.9 Å². The Morgan fingerprint density at radius 1 is 1.14 bits per heavy atom. The second-order valence-corrected chi connectivity index (χ2v) is 6.58. The Balaban J connectivity index is 1.48. The third-order valence-corrected chi connectivity index (χ3v) is 4.55. The Morgan fingerprint density at radius 2 is 1.90 bits per heavy atom. The molecule has 2 aromatic carbocycles. The predicted molar refractivity (Wildman–Crippen MR) is 107 cm³/mol. The van der Waals surface area contributed by atoms with E-state index in [0.717, 1.165) is 5.56 Å². The third-order valence-electron chi connectivity index (χ3n) is 4.11. The molecule has 0 atom stereocenters. The molecule has 0 saturated heterocycles. The number of ether oxygens (including phenoxy) is 2. The lowest BCUT2D eigenvalue weighted by atomic mass is 10.1. The van der Waals surface area contributed by atoms with Crippen molar-refractivity contribution in [1.29, 1.82) is 0 Å². The van der Waals surface area contributed by atoms with E-state index in [2.05, 4.69) is 5.32 Å². The van der Waals surface area contributed by atoms with Crippen LogP contribution >= 0.6 is 11.6 Å². The largest absolute Gasteiger partial charge is 0.445 e. The number of aryl methyl sites for hydroxylation is 1. The number of benzene rings is 2. The van der Waals surface area contributed by atoms with Gasteiger partial charge in [-0.25, -0.2) is 9.59 Å². The van der Waals surface area contributed by atoms with Crippen LogP contribution in [0.2, 0.25) is 5.02 Å². The average Bonchev–Trinajstić information content (AvgIpc) is 2.71. The van der Waals surface area contributed by atoms with Gasteiger partial charge >= 0.3 is 17.7 Å². The quantitative estimate of drug-likeness (QED) is 0.372. The Morgan fingerprint density at radius 3 is 2.66 bits per heavy atom. The first kappa shape index (κ1) is 20.4. The summed E-state index contributed by atoms with van der Waals surface area (Å²) < 4.78 is 15.4. The molecule has 1 N–H and O–H groups in total. The van der Waals surface area contributed by atoms with Crippen LogP contribution in [-0.4, -0.2) is 18.6 Å². The Kier molecular flexibility index (Phi) is 6.51. The zero-order chi connectivity index (χ0) is 20.8. The van der Waals surface area contributed by atoms with Crippen LogP contribution < -0.4 is 15.7 Å². The summed E-state index contributed by atoms with van der Waals surface area (Å²) in [6.45, 7) is 1.91. The number of hydrogen-bond donors (Lipinski definition) is 1. The van der Waals surface area contributed by atoms with E-state index in [4.69, 9.17) is 25.5 Å². The number of nitrogens with one attached hydrogen (secondary N) is 1. The van der Waals surface area contributed by atoms with E-state index in [1.807, 2.05) is 30.3 Å². The fourth-order valence-corrected chi connectivity index (χ4v) is 2.74. The number of hydrogen-bond acceptors (Lipinski definition) is 6. The first-order valence-corrected chi connectivity index (χ1v) is 9.20. The lowest BCUT2D eigenvalue weighted by Gasteiger charge is -2.08. The number of esters is 1. The van der Waals surface area contributed by atoms with Crippen molar-refractivity contribution in [2.24, 2.45) is 0 Å². The number of halogens is 1. The van der Waals surface area contributed by atoms with Crippen molar-refractivity contribution < 1.29 is 23.5 Å². The zero-order valence-corrected chi connectivity index (χ0v) is 16.3. The van der Waals surface area contributed by atoms with Crippen LogP contribution in [0.3, 0.4) is 0 Å². The summed E-state index contributed by atoms with van der Waals surface area (Å²) in [5, 5.41) is 3.15. The molecule has 0 spiro atoms. The van der Waals surface area contributed by atoms with Crippen molar-refractivity contribution in [3.8, 4) is 5.75 Å². The molecular formula is C21H18ClNO6. The molecule has 7 nitrogen and oxygen atoms in total. The molecule has 0 radical (unpaired) electrons. The average molecular weight is 416 g/mol. The van der Waals surface area contributed by atoms with E-state index in [0.29, 0.717) is 10.9 Å². The zero-order valence-electron chi connectivity index (χ0n) is 15.6. The van der Waals surface area contributed by atoms with Gasteiger partial charge in [-0.2, -0.15) is 0 Å². The van der Waals surface area contributed by atoms with Gasteiger partial charge in [0.1, 0.15) is 23.0 Å². The fourth-order valence-electron chi connectivity index (χ4n) is 2.60. The summed E-state index contributed by atoms with van der Waals surface area (Å²) in [7, 11) is 0. The highest BCUT2D eigenvalue weighted by Gasteiger charge is 2.12. The van der Waals surface area contributed by atoms with Crippen LogP contribution in [0.4, 0.5) is 4.79 Å². The van der Waals surface area contributed by atoms with Crippen molar-refractivity contribution in [1.82, 2.24) is 5.32 Å². The molecule has 0 bridgehead atoms. The highest BCUT2D eigenvalue weighted by molar-refractivity contribution is 6.31. The van der Waals surface area contributed by atoms with Crippen LogP contribution in [-0.2, 0) is 16.1 Å². The van der Waals surface area contributed by atoms with Gasteiger partial charge in [0, 0.05) is 18.0 Å². The summed E-state index contributed by atoms with van der Waals surface area (Å²) in [6, 6.07) is 13.9. The summed E-state index contributed by atoms with van der Waals surface area (Å²) in [5.74, 6) is -0.334. The molecule has 3 aromatic rings. The fraction of sp³-hybridized carbons (Fsp3) is 0.190. The Bertz CT molecular complexity index is 1090. The first-order valence-electron chi connectivity index (χ1n) is 8.82. The van der Waals surface area contributed by atoms with Crippen molar-refractivity contribution in [3.05, 3.63) is 75.1 Å². The van der Waals surface area contributed by atoms with Gasteiger partial charge in [0.15, 0.2) is 0 Å². The standard InChI is InChI=1S/C21H18ClNO6/c1-13-16-8-7-15(11-17(16)29-20(25)19(13)22)28-18(24)9-10-23-21(26)27-12-14-5-3-2-4-6-14/h2-8,11H,9-10,12H2,1H3,(H,23,26). The third kappa shape index (κ3) is 5.36. The molecule has 3 rings (SSSR count). The van der Waals surface area contributed by atoms with Crippen molar-refractivity contribution in [2.75, 3.05) is 6.54 Å². The molecule has 0 fully saturated rings. The molecule has 0 aliphatic heterocycles. The molecule has 1 amide bonds. The van der Waals surface area contributed by atoms with E-state index in [-0.39, 0.29) is 35.9 Å². The molecule has 0 aliphatic carbocycles. The Hall–Kier alpha value is -3.32. The monoisotopic (exact) mass is 415 g/mol. The second-order valence-electron chi connectivity index (χ2n) is 6.20. The van der Waals surface area contributed by atoms with Crippen molar-refractivity contribution in [2.45, 2.75) is 20.0 Å². The molecule has 150 valence electrons. The van der Waals surface area contributed by atoms with Crippen LogP contribution in [0.25, 0.3) is 11.0 Å². The van der Waals surface area contributed by atoms with Gasteiger partial charge in [0.2, 0.25) is 0 Å². The molecule has 1 aromatic heterocycles. The van der Waals surface area contributed by atoms with E-state index >= 15 is 0 Å². The van der Waals surface area contributed by atoms with Gasteiger partial charge in [0.25, 0.3) is 0 Å². The number of carbonyl (C=O) groups excluding carboxylic acids is 2. The highest BCUT2D eigenvalue weighted by atomic mass is 35.5. The molecule has 0 aliphatic rings.